The van der Waals surface area contributed by atoms with Gasteiger partial charge in [0.15, 0.2) is 5.76 Å². The van der Waals surface area contributed by atoms with Gasteiger partial charge in [0.05, 0.1) is 12.9 Å². The molecular weight excluding hydrogens is 292 g/mol. The molecule has 2 saturated heterocycles. The molecule has 0 N–H and O–H groups in total. The molecule has 1 spiro atoms. The fraction of sp³-hybridized carbons (Fsp3) is 0.722. The summed E-state index contributed by atoms with van der Waals surface area (Å²) in [5.41, 5.74) is 0.341. The van der Waals surface area contributed by atoms with E-state index in [-0.39, 0.29) is 5.91 Å². The van der Waals surface area contributed by atoms with Crippen LogP contribution in [0.1, 0.15) is 43.7 Å². The van der Waals surface area contributed by atoms with Gasteiger partial charge >= 0.3 is 0 Å². The van der Waals surface area contributed by atoms with Gasteiger partial charge in [-0.05, 0) is 50.7 Å². The second-order valence-electron chi connectivity index (χ2n) is 7.35. The Balaban J connectivity index is 1.63. The number of hydrogen-bond acceptors (Lipinski definition) is 4. The number of carbonyl (C=O) groups is 1. The van der Waals surface area contributed by atoms with Crippen molar-refractivity contribution >= 4 is 5.91 Å². The monoisotopic (exact) mass is 320 g/mol. The smallest absolute Gasteiger partial charge is 0.289 e. The van der Waals surface area contributed by atoms with E-state index in [0.717, 1.165) is 39.1 Å². The summed E-state index contributed by atoms with van der Waals surface area (Å²) in [6, 6.07) is 4.56. The highest BCUT2D eigenvalue weighted by atomic mass is 16.5. The first-order valence-corrected chi connectivity index (χ1v) is 8.62. The normalized spacial score (nSPS) is 24.7. The number of ether oxygens (including phenoxy) is 1. The molecule has 1 amide bonds. The quantitative estimate of drug-likeness (QED) is 0.855. The molecule has 2 fully saturated rings. The van der Waals surface area contributed by atoms with Crippen LogP contribution in [-0.4, -0.2) is 61.1 Å². The molecule has 5 heteroatoms. The molecule has 3 rings (SSSR count). The Bertz CT molecular complexity index is 518. The first-order valence-electron chi connectivity index (χ1n) is 8.62. The van der Waals surface area contributed by atoms with Gasteiger partial charge in [0.2, 0.25) is 0 Å². The van der Waals surface area contributed by atoms with Crippen molar-refractivity contribution in [3.05, 3.63) is 24.2 Å². The van der Waals surface area contributed by atoms with E-state index in [1.807, 2.05) is 4.90 Å². The van der Waals surface area contributed by atoms with Crippen LogP contribution in [-0.2, 0) is 4.74 Å². The van der Waals surface area contributed by atoms with Crippen LogP contribution in [0.25, 0.3) is 0 Å². The molecule has 0 unspecified atom stereocenters. The lowest BCUT2D eigenvalue weighted by atomic mass is 9.76. The Morgan fingerprint density at radius 1 is 1.43 bits per heavy atom. The Kier molecular flexibility index (Phi) is 4.78. The second kappa shape index (κ2) is 6.65. The molecule has 23 heavy (non-hydrogen) atoms. The third-order valence-electron chi connectivity index (χ3n) is 5.52. The molecule has 2 aliphatic rings. The lowest BCUT2D eigenvalue weighted by molar-refractivity contribution is 0.0552. The first kappa shape index (κ1) is 16.5. The number of carbonyl (C=O) groups excluding carboxylic acids is 1. The van der Waals surface area contributed by atoms with Gasteiger partial charge in [-0.15, -0.1) is 0 Å². The highest BCUT2D eigenvalue weighted by Gasteiger charge is 2.46. The minimum absolute atomic E-state index is 0.0250. The molecule has 0 saturated carbocycles. The van der Waals surface area contributed by atoms with Gasteiger partial charge in [-0.25, -0.2) is 0 Å². The van der Waals surface area contributed by atoms with Crippen molar-refractivity contribution in [1.82, 2.24) is 9.80 Å². The van der Waals surface area contributed by atoms with Crippen LogP contribution in [0.2, 0.25) is 0 Å². The summed E-state index contributed by atoms with van der Waals surface area (Å²) in [4.78, 5) is 16.9. The predicted octanol–water partition coefficient (Wildman–Crippen LogP) is 2.63. The van der Waals surface area contributed by atoms with Crippen molar-refractivity contribution in [3.8, 4) is 0 Å². The van der Waals surface area contributed by atoms with E-state index in [1.54, 1.807) is 25.5 Å². The van der Waals surface area contributed by atoms with Crippen molar-refractivity contribution in [2.75, 3.05) is 33.4 Å². The summed E-state index contributed by atoms with van der Waals surface area (Å²) in [5, 5.41) is 0. The lowest BCUT2D eigenvalue weighted by Crippen LogP contribution is -2.44. The third kappa shape index (κ3) is 3.31. The molecule has 0 aromatic carbocycles. The van der Waals surface area contributed by atoms with Gasteiger partial charge in [0.25, 0.3) is 5.91 Å². The molecule has 1 atom stereocenters. The number of furan rings is 1. The number of nitrogens with zero attached hydrogens (tertiary/aromatic N) is 2. The zero-order chi connectivity index (χ0) is 16.4. The summed E-state index contributed by atoms with van der Waals surface area (Å²) in [6.07, 6.45) is 4.89. The summed E-state index contributed by atoms with van der Waals surface area (Å²) >= 11 is 0. The van der Waals surface area contributed by atoms with Crippen molar-refractivity contribution in [1.29, 1.82) is 0 Å². The van der Waals surface area contributed by atoms with E-state index in [9.17, 15) is 4.79 Å². The van der Waals surface area contributed by atoms with E-state index in [2.05, 4.69) is 18.7 Å². The summed E-state index contributed by atoms with van der Waals surface area (Å²) in [5.74, 6) is 0.477. The fourth-order valence-corrected chi connectivity index (χ4v) is 4.25. The number of methoxy groups -OCH3 is 1. The van der Waals surface area contributed by atoms with E-state index >= 15 is 0 Å². The standard InChI is InChI=1S/C18H28N2O3/c1-14(2)20-13-18(11-15(20)12-22-3)6-8-19(9-7-18)17(21)16-5-4-10-23-16/h4-5,10,14-15H,6-9,11-13H2,1-3H3/t15-/m0/s1. The Hall–Kier alpha value is -1.33. The summed E-state index contributed by atoms with van der Waals surface area (Å²) in [7, 11) is 1.79. The Morgan fingerprint density at radius 3 is 2.74 bits per heavy atom. The molecule has 1 aromatic rings. The Morgan fingerprint density at radius 2 is 2.17 bits per heavy atom. The minimum atomic E-state index is 0.0250. The molecule has 2 aliphatic heterocycles. The average Bonchev–Trinajstić information content (AvgIpc) is 3.17. The largest absolute Gasteiger partial charge is 0.459 e. The lowest BCUT2D eigenvalue weighted by Gasteiger charge is -2.39. The van der Waals surface area contributed by atoms with Gasteiger partial charge in [-0.1, -0.05) is 0 Å². The molecule has 0 bridgehead atoms. The second-order valence-corrected chi connectivity index (χ2v) is 7.35. The molecule has 128 valence electrons. The number of likely N-dealkylation sites (tertiary alicyclic amines) is 2. The zero-order valence-corrected chi connectivity index (χ0v) is 14.5. The van der Waals surface area contributed by atoms with Crippen molar-refractivity contribution in [2.24, 2.45) is 5.41 Å². The molecule has 3 heterocycles. The summed E-state index contributed by atoms with van der Waals surface area (Å²) in [6.45, 7) is 8.10. The predicted molar refractivity (Wildman–Crippen MR) is 88.4 cm³/mol. The Labute approximate surface area is 138 Å². The maximum atomic E-state index is 12.4. The molecule has 5 nitrogen and oxygen atoms in total. The van der Waals surface area contributed by atoms with E-state index in [0.29, 0.717) is 23.3 Å². The van der Waals surface area contributed by atoms with Crippen LogP contribution in [0.5, 0.6) is 0 Å². The van der Waals surface area contributed by atoms with Crippen LogP contribution >= 0.6 is 0 Å². The topological polar surface area (TPSA) is 45.9 Å². The maximum absolute atomic E-state index is 12.4. The van der Waals surface area contributed by atoms with Gasteiger partial charge < -0.3 is 14.1 Å². The SMILES string of the molecule is COC[C@@H]1CC2(CCN(C(=O)c3ccco3)CC2)CN1C(C)C. The maximum Gasteiger partial charge on any atom is 0.289 e. The van der Waals surface area contributed by atoms with Crippen LogP contribution < -0.4 is 0 Å². The van der Waals surface area contributed by atoms with E-state index in [1.165, 1.54) is 6.42 Å². The zero-order valence-electron chi connectivity index (χ0n) is 14.5. The first-order chi connectivity index (χ1) is 11.0. The van der Waals surface area contributed by atoms with E-state index in [4.69, 9.17) is 9.15 Å². The van der Waals surface area contributed by atoms with Gasteiger partial charge in [-0.2, -0.15) is 0 Å². The molecule has 0 radical (unpaired) electrons. The van der Waals surface area contributed by atoms with Crippen molar-refractivity contribution in [3.63, 3.8) is 0 Å². The highest BCUT2D eigenvalue weighted by Crippen LogP contribution is 2.44. The van der Waals surface area contributed by atoms with Crippen LogP contribution in [0.15, 0.2) is 22.8 Å². The van der Waals surface area contributed by atoms with Crippen LogP contribution in [0.3, 0.4) is 0 Å². The molecular formula is C18H28N2O3. The molecule has 1 aromatic heterocycles. The van der Waals surface area contributed by atoms with Gasteiger partial charge in [0, 0.05) is 38.8 Å². The number of piperidine rings is 1. The number of amides is 1. The van der Waals surface area contributed by atoms with Crippen molar-refractivity contribution < 1.29 is 13.9 Å². The highest BCUT2D eigenvalue weighted by molar-refractivity contribution is 5.91. The number of hydrogen-bond donors (Lipinski definition) is 0. The van der Waals surface area contributed by atoms with E-state index < -0.39 is 0 Å². The van der Waals surface area contributed by atoms with Crippen LogP contribution in [0, 0.1) is 5.41 Å². The van der Waals surface area contributed by atoms with Gasteiger partial charge in [0.1, 0.15) is 0 Å². The molecule has 0 aliphatic carbocycles. The third-order valence-corrected chi connectivity index (χ3v) is 5.52. The minimum Gasteiger partial charge on any atom is -0.459 e. The fourth-order valence-electron chi connectivity index (χ4n) is 4.25. The number of rotatable bonds is 4. The van der Waals surface area contributed by atoms with Crippen LogP contribution in [0.4, 0.5) is 0 Å². The van der Waals surface area contributed by atoms with Gasteiger partial charge in [-0.3, -0.25) is 9.69 Å². The van der Waals surface area contributed by atoms with Crippen molar-refractivity contribution in [2.45, 2.75) is 45.2 Å². The summed E-state index contributed by atoms with van der Waals surface area (Å²) < 4.78 is 10.7. The average molecular weight is 320 g/mol.